The third-order valence-electron chi connectivity index (χ3n) is 5.14. The molecular weight excluding hydrogens is 445 g/mol. The van der Waals surface area contributed by atoms with Gasteiger partial charge in [-0.2, -0.15) is 0 Å². The number of aromatic nitrogens is 4. The summed E-state index contributed by atoms with van der Waals surface area (Å²) in [6, 6.07) is 17.7. The summed E-state index contributed by atoms with van der Waals surface area (Å²) in [5.41, 5.74) is 2.72. The van der Waals surface area contributed by atoms with Crippen molar-refractivity contribution < 1.29 is 17.5 Å². The molecule has 0 saturated heterocycles. The van der Waals surface area contributed by atoms with Crippen LogP contribution >= 0.6 is 0 Å². The quantitative estimate of drug-likeness (QED) is 0.408. The molecule has 0 amide bonds. The number of nitrogens with one attached hydrogen (secondary N) is 1. The Morgan fingerprint density at radius 3 is 2.48 bits per heavy atom. The van der Waals surface area contributed by atoms with Crippen molar-refractivity contribution in [3.05, 3.63) is 83.9 Å². The van der Waals surface area contributed by atoms with Crippen LogP contribution in [0.3, 0.4) is 0 Å². The van der Waals surface area contributed by atoms with Crippen molar-refractivity contribution in [1.29, 1.82) is 0 Å². The predicted octanol–water partition coefficient (Wildman–Crippen LogP) is 4.63. The molecule has 1 N–H and O–H groups in total. The molecule has 0 fully saturated rings. The van der Waals surface area contributed by atoms with Crippen LogP contribution < -0.4 is 9.46 Å². The molecular formula is C23H18FN5O3S. The summed E-state index contributed by atoms with van der Waals surface area (Å²) in [7, 11) is -3.94. The first kappa shape index (κ1) is 20.8. The van der Waals surface area contributed by atoms with Crippen molar-refractivity contribution in [3.63, 3.8) is 0 Å². The number of anilines is 1. The van der Waals surface area contributed by atoms with Gasteiger partial charge >= 0.3 is 0 Å². The van der Waals surface area contributed by atoms with Crippen molar-refractivity contribution >= 4 is 32.4 Å². The Morgan fingerprint density at radius 2 is 1.73 bits per heavy atom. The third-order valence-corrected chi connectivity index (χ3v) is 6.51. The first-order chi connectivity index (χ1) is 15.8. The van der Waals surface area contributed by atoms with E-state index in [-0.39, 0.29) is 10.8 Å². The number of benzene rings is 3. The number of sulfonamides is 1. The van der Waals surface area contributed by atoms with Crippen molar-refractivity contribution in [3.8, 4) is 11.6 Å². The molecule has 0 atom stereocenters. The summed E-state index contributed by atoms with van der Waals surface area (Å²) < 4.78 is 49.2. The molecule has 10 heteroatoms. The van der Waals surface area contributed by atoms with Gasteiger partial charge in [0.15, 0.2) is 0 Å². The molecule has 2 heterocycles. The van der Waals surface area contributed by atoms with E-state index in [4.69, 9.17) is 4.74 Å². The van der Waals surface area contributed by atoms with E-state index in [1.54, 1.807) is 31.2 Å². The summed E-state index contributed by atoms with van der Waals surface area (Å²) in [6.45, 7) is 3.41. The van der Waals surface area contributed by atoms with Crippen LogP contribution in [0.5, 0.6) is 11.6 Å². The summed E-state index contributed by atoms with van der Waals surface area (Å²) in [6.07, 6.45) is 0. The SMILES string of the molecule is Cc1ccc(S(=O)(=O)Nc2ccc(Oc3nc4ccccc4n4c(C)nnc34)cc2)cc1F. The van der Waals surface area contributed by atoms with Gasteiger partial charge in [0.1, 0.15) is 17.4 Å². The molecule has 166 valence electrons. The average Bonchev–Trinajstić information content (AvgIpc) is 3.19. The summed E-state index contributed by atoms with van der Waals surface area (Å²) in [5.74, 6) is 0.827. The van der Waals surface area contributed by atoms with Gasteiger partial charge in [-0.25, -0.2) is 17.8 Å². The molecule has 8 nitrogen and oxygen atoms in total. The number of hydrogen-bond acceptors (Lipinski definition) is 6. The van der Waals surface area contributed by atoms with Crippen LogP contribution in [-0.4, -0.2) is 28.0 Å². The molecule has 0 saturated carbocycles. The molecule has 0 aliphatic carbocycles. The van der Waals surface area contributed by atoms with Crippen molar-refractivity contribution in [2.45, 2.75) is 18.7 Å². The van der Waals surface area contributed by atoms with Crippen molar-refractivity contribution in [2.24, 2.45) is 0 Å². The smallest absolute Gasteiger partial charge is 0.266 e. The van der Waals surface area contributed by atoms with E-state index >= 15 is 0 Å². The fourth-order valence-electron chi connectivity index (χ4n) is 3.42. The molecule has 0 spiro atoms. The van der Waals surface area contributed by atoms with Gasteiger partial charge in [-0.3, -0.25) is 9.12 Å². The molecule has 0 radical (unpaired) electrons. The third kappa shape index (κ3) is 3.85. The second-order valence-electron chi connectivity index (χ2n) is 7.45. The van der Waals surface area contributed by atoms with Crippen LogP contribution in [0, 0.1) is 19.7 Å². The van der Waals surface area contributed by atoms with Gasteiger partial charge in [0, 0.05) is 5.69 Å². The number of nitrogens with zero attached hydrogens (tertiary/aromatic N) is 4. The fraction of sp³-hybridized carbons (Fsp3) is 0.0870. The molecule has 0 aliphatic rings. The molecule has 2 aromatic heterocycles. The Balaban J connectivity index is 1.42. The highest BCUT2D eigenvalue weighted by atomic mass is 32.2. The fourth-order valence-corrected chi connectivity index (χ4v) is 4.49. The van der Waals surface area contributed by atoms with E-state index in [1.807, 2.05) is 35.6 Å². The lowest BCUT2D eigenvalue weighted by atomic mass is 10.2. The average molecular weight is 463 g/mol. The zero-order valence-corrected chi connectivity index (χ0v) is 18.5. The van der Waals surface area contributed by atoms with Crippen molar-refractivity contribution in [1.82, 2.24) is 19.6 Å². The Labute approximate surface area is 188 Å². The van der Waals surface area contributed by atoms with Gasteiger partial charge in [-0.05, 0) is 67.9 Å². The maximum Gasteiger partial charge on any atom is 0.266 e. The summed E-state index contributed by atoms with van der Waals surface area (Å²) in [5, 5.41) is 8.31. The summed E-state index contributed by atoms with van der Waals surface area (Å²) >= 11 is 0. The molecule has 0 bridgehead atoms. The standard InChI is InChI=1S/C23H18FN5O3S/c1-14-7-12-18(13-19(14)24)33(30,31)28-16-8-10-17(11-9-16)32-23-22-27-26-15(2)29(22)21-6-4-3-5-20(21)25-23/h3-13,28H,1-2H3. The molecule has 5 aromatic rings. The topological polar surface area (TPSA) is 98.5 Å². The first-order valence-electron chi connectivity index (χ1n) is 9.99. The van der Waals surface area contributed by atoms with Crippen molar-refractivity contribution in [2.75, 3.05) is 4.72 Å². The first-order valence-corrected chi connectivity index (χ1v) is 11.5. The van der Waals surface area contributed by atoms with Gasteiger partial charge in [0.25, 0.3) is 15.9 Å². The number of aryl methyl sites for hydroxylation is 2. The lowest BCUT2D eigenvalue weighted by molar-refractivity contribution is 0.467. The Kier molecular flexibility index (Phi) is 4.94. The summed E-state index contributed by atoms with van der Waals surface area (Å²) in [4.78, 5) is 4.40. The monoisotopic (exact) mass is 463 g/mol. The second-order valence-corrected chi connectivity index (χ2v) is 9.14. The minimum absolute atomic E-state index is 0.157. The second kappa shape index (κ2) is 7.82. The molecule has 0 aliphatic heterocycles. The van der Waals surface area contributed by atoms with E-state index < -0.39 is 15.8 Å². The van der Waals surface area contributed by atoms with E-state index in [9.17, 15) is 12.8 Å². The minimum Gasteiger partial charge on any atom is -0.436 e. The molecule has 5 rings (SSSR count). The Morgan fingerprint density at radius 1 is 0.970 bits per heavy atom. The number of ether oxygens (including phenoxy) is 1. The number of para-hydroxylation sites is 2. The van der Waals surface area contributed by atoms with Crippen LogP contribution in [0.4, 0.5) is 10.1 Å². The van der Waals surface area contributed by atoms with Crippen LogP contribution in [-0.2, 0) is 10.0 Å². The maximum atomic E-state index is 13.8. The number of fused-ring (bicyclic) bond motifs is 3. The van der Waals surface area contributed by atoms with E-state index in [0.29, 0.717) is 28.5 Å². The van der Waals surface area contributed by atoms with E-state index in [1.165, 1.54) is 12.1 Å². The highest BCUT2D eigenvalue weighted by Crippen LogP contribution is 2.28. The lowest BCUT2D eigenvalue weighted by Gasteiger charge is -2.11. The highest BCUT2D eigenvalue weighted by molar-refractivity contribution is 7.92. The zero-order valence-electron chi connectivity index (χ0n) is 17.7. The van der Waals surface area contributed by atoms with Crippen LogP contribution in [0.1, 0.15) is 11.4 Å². The minimum atomic E-state index is -3.94. The van der Waals surface area contributed by atoms with Crippen LogP contribution in [0.15, 0.2) is 71.6 Å². The predicted molar refractivity (Wildman–Crippen MR) is 121 cm³/mol. The van der Waals surface area contributed by atoms with Gasteiger partial charge in [0.2, 0.25) is 5.65 Å². The molecule has 33 heavy (non-hydrogen) atoms. The van der Waals surface area contributed by atoms with Gasteiger partial charge in [-0.1, -0.05) is 18.2 Å². The van der Waals surface area contributed by atoms with Gasteiger partial charge < -0.3 is 4.74 Å². The number of halogens is 1. The van der Waals surface area contributed by atoms with Crippen LogP contribution in [0.25, 0.3) is 16.7 Å². The van der Waals surface area contributed by atoms with E-state index in [0.717, 1.165) is 17.1 Å². The highest BCUT2D eigenvalue weighted by Gasteiger charge is 2.17. The Hall–Kier alpha value is -4.05. The number of rotatable bonds is 5. The zero-order chi connectivity index (χ0) is 23.2. The largest absolute Gasteiger partial charge is 0.436 e. The maximum absolute atomic E-state index is 13.8. The Bertz CT molecular complexity index is 1620. The van der Waals surface area contributed by atoms with Gasteiger partial charge in [0.05, 0.1) is 15.9 Å². The van der Waals surface area contributed by atoms with Crippen LogP contribution in [0.2, 0.25) is 0 Å². The lowest BCUT2D eigenvalue weighted by Crippen LogP contribution is -2.13. The molecule has 0 unspecified atom stereocenters. The van der Waals surface area contributed by atoms with E-state index in [2.05, 4.69) is 19.9 Å². The van der Waals surface area contributed by atoms with Gasteiger partial charge in [-0.15, -0.1) is 10.2 Å². The normalized spacial score (nSPS) is 11.7. The number of hydrogen-bond donors (Lipinski definition) is 1. The molecule has 3 aromatic carbocycles.